The molecule has 0 aliphatic carbocycles. The minimum absolute atomic E-state index is 0.173. The van der Waals surface area contributed by atoms with Gasteiger partial charge in [-0.15, -0.1) is 0 Å². The summed E-state index contributed by atoms with van der Waals surface area (Å²) in [6, 6.07) is 42.2. The minimum Gasteiger partial charge on any atom is -0.361 e. The molecule has 0 radical (unpaired) electrons. The summed E-state index contributed by atoms with van der Waals surface area (Å²) in [5.41, 5.74) is 24.9. The number of fused-ring (bicyclic) bond motifs is 5. The number of nitrogens with one attached hydrogen (secondary N) is 5. The molecule has 0 unspecified atom stereocenters. The second-order valence-corrected chi connectivity index (χ2v) is 37.7. The summed E-state index contributed by atoms with van der Waals surface area (Å²) in [7, 11) is 0. The van der Waals surface area contributed by atoms with Crippen LogP contribution in [0.3, 0.4) is 0 Å². The van der Waals surface area contributed by atoms with Crippen LogP contribution in [0.25, 0.3) is 59.4 Å². The van der Waals surface area contributed by atoms with Gasteiger partial charge in [-0.2, -0.15) is 0 Å². The van der Waals surface area contributed by atoms with Crippen LogP contribution in [0, 0.1) is 88.6 Å². The van der Waals surface area contributed by atoms with E-state index in [0.717, 1.165) is 329 Å². The Morgan fingerprint density at radius 1 is 0.281 bits per heavy atom. The van der Waals surface area contributed by atoms with E-state index in [1.807, 2.05) is 136 Å². The number of aromatic amines is 5. The highest BCUT2D eigenvalue weighted by molar-refractivity contribution is 6.31. The highest BCUT2D eigenvalue weighted by atomic mass is 35.5. The van der Waals surface area contributed by atoms with E-state index in [1.165, 1.54) is 84.9 Å². The summed E-state index contributed by atoms with van der Waals surface area (Å²) < 4.78 is 13.5. The molecular weight excluding hydrogens is 1700 g/mol. The predicted octanol–water partition coefficient (Wildman–Crippen LogP) is 18.3. The quantitative estimate of drug-likeness (QED) is 0.0334. The van der Waals surface area contributed by atoms with Gasteiger partial charge in [-0.1, -0.05) is 47.5 Å². The molecule has 5 N–H and O–H groups in total. The van der Waals surface area contributed by atoms with E-state index in [9.17, 15) is 4.39 Å². The SMILES string of the molecule is Cc1cc(C)nc(N2CCN(CCCc3c[nH]c4ccc(Cl)cc34)CC2)n1.Cc1cc(C)nc(N2CCN(CCCc3c[nH]c4ccc(F)cc34)CC2)n1.Cc1cc(C)nc(N2CCN(CCCc3c[nH]c4ccccc34)CC2)n1.Cc1ccc2[nH]cc(CCCN3CCN(c4nc(C)cc(C)n4)CC3)c2c1.[C-]#[N+]c1ccc2[nH]cc(CCCN3CCN(c4nc(C)cc(C)n4)CC3)c2c1. The molecule has 0 atom stereocenters. The summed E-state index contributed by atoms with van der Waals surface area (Å²) in [4.78, 5) is 90.4. The van der Waals surface area contributed by atoms with Gasteiger partial charge in [0, 0.05) is 273 Å². The Bertz CT molecular complexity index is 5990. The highest BCUT2D eigenvalue weighted by Gasteiger charge is 2.26. The smallest absolute Gasteiger partial charge is 0.225 e. The molecule has 0 amide bonds. The number of aromatic nitrogens is 15. The third-order valence-electron chi connectivity index (χ3n) is 26.7. The lowest BCUT2D eigenvalue weighted by molar-refractivity contribution is 0.254. The molecule has 5 fully saturated rings. The van der Waals surface area contributed by atoms with E-state index in [4.69, 9.17) is 18.2 Å². The van der Waals surface area contributed by atoms with Gasteiger partial charge in [0.2, 0.25) is 29.7 Å². The molecule has 135 heavy (non-hydrogen) atoms. The molecule has 0 spiro atoms. The third kappa shape index (κ3) is 26.3. The summed E-state index contributed by atoms with van der Waals surface area (Å²) in [6.07, 6.45) is 21.6. The fraction of sp³-hybridized carbons (Fsp3) is 0.430. The van der Waals surface area contributed by atoms with Crippen LogP contribution in [0.5, 0.6) is 0 Å². The third-order valence-corrected chi connectivity index (χ3v) is 26.9. The van der Waals surface area contributed by atoms with E-state index >= 15 is 0 Å². The number of piperazine rings is 5. The van der Waals surface area contributed by atoms with Crippen molar-refractivity contribution < 1.29 is 4.39 Å². The van der Waals surface area contributed by atoms with Crippen LogP contribution in [0.4, 0.5) is 39.8 Å². The Labute approximate surface area is 799 Å². The van der Waals surface area contributed by atoms with Gasteiger partial charge >= 0.3 is 0 Å². The van der Waals surface area contributed by atoms with Gasteiger partial charge in [-0.05, 0) is 303 Å². The minimum atomic E-state index is -0.173. The number of H-pyrrole nitrogens is 5. The van der Waals surface area contributed by atoms with Crippen molar-refractivity contribution in [3.05, 3.63) is 271 Å². The molecule has 0 saturated carbocycles. The van der Waals surface area contributed by atoms with Crippen molar-refractivity contribution in [1.29, 1.82) is 0 Å². The summed E-state index contributed by atoms with van der Waals surface area (Å²) in [5, 5.41) is 6.99. The van der Waals surface area contributed by atoms with Gasteiger partial charge in [-0.3, -0.25) is 24.5 Å². The van der Waals surface area contributed by atoms with Gasteiger partial charge in [-0.25, -0.2) is 59.1 Å². The lowest BCUT2D eigenvalue weighted by Crippen LogP contribution is -2.47. The maximum atomic E-state index is 13.5. The topological polar surface area (TPSA) is 245 Å². The fourth-order valence-electron chi connectivity index (χ4n) is 19.6. The number of aryl methyl sites for hydroxylation is 16. The molecule has 28 heteroatoms. The van der Waals surface area contributed by atoms with Crippen LogP contribution in [0.15, 0.2) is 158 Å². The van der Waals surface area contributed by atoms with Crippen molar-refractivity contribution in [3.8, 4) is 0 Å². The van der Waals surface area contributed by atoms with Gasteiger partial charge in [0.1, 0.15) is 5.82 Å². The van der Waals surface area contributed by atoms with Crippen molar-refractivity contribution in [1.82, 2.24) is 99.3 Å². The van der Waals surface area contributed by atoms with Crippen molar-refractivity contribution in [2.24, 2.45) is 0 Å². The fourth-order valence-corrected chi connectivity index (χ4v) is 19.7. The first-order valence-corrected chi connectivity index (χ1v) is 49.0. The molecule has 10 aromatic heterocycles. The van der Waals surface area contributed by atoms with Crippen LogP contribution in [0.1, 0.15) is 122 Å². The van der Waals surface area contributed by atoms with E-state index in [1.54, 1.807) is 6.07 Å². The molecule has 5 aliphatic rings. The maximum Gasteiger partial charge on any atom is 0.225 e. The number of anilines is 5. The number of rotatable bonds is 25. The van der Waals surface area contributed by atoms with Crippen molar-refractivity contribution in [2.75, 3.05) is 188 Å². The molecular formula is C107H134ClFN26. The lowest BCUT2D eigenvalue weighted by atomic mass is 10.1. The number of halogens is 2. The molecule has 20 rings (SSSR count). The monoisotopic (exact) mass is 1840 g/mol. The predicted molar refractivity (Wildman–Crippen MR) is 550 cm³/mol. The Kier molecular flexibility index (Phi) is 32.5. The standard InChI is InChI=1S/C22H26N6.C22H29N5.C21H26ClN5.C21H26FN5.C21H27N5/c1-16-13-17(2)26-22(25-16)28-11-9-27(10-12-28)8-4-5-18-15-24-21-7-6-19(23-3)14-20(18)21;1-16-6-7-21-20(13-16)19(15-23-21)5-4-8-26-9-11-27(12-10-26)22-24-17(2)14-18(3)25-22;2*1-15-12-16(2)25-21(24-15)27-10-8-26(9-11-27)7-3-4-17-14-23-20-6-5-18(22)13-19(17)20;1-16-14-17(2)24-21(23-16)26-12-10-25(11-13-26)9-5-6-18-15-22-20-8-4-3-7-19(18)20/h6-7,13-15,24H,4-5,8-12H2,1-2H3;6-7,13-15,23H,4-5,8-12H2,1-3H3;2*5-6,12-14,23H,3-4,7-11H2,1-2H3;3-4,7-8,14-15,22H,5-6,9-13H2,1-2H3. The Morgan fingerprint density at radius 3 is 0.844 bits per heavy atom. The zero-order valence-corrected chi connectivity index (χ0v) is 81.7. The zero-order valence-electron chi connectivity index (χ0n) is 80.9. The van der Waals surface area contributed by atoms with E-state index in [0.29, 0.717) is 5.69 Å². The Balaban J connectivity index is 0.000000123. The molecule has 0 bridgehead atoms. The number of benzene rings is 5. The van der Waals surface area contributed by atoms with E-state index in [-0.39, 0.29) is 5.82 Å². The number of nitrogens with zero attached hydrogens (tertiary/aromatic N) is 21. The Hall–Kier alpha value is -12.3. The second-order valence-electron chi connectivity index (χ2n) is 37.3. The molecule has 15 heterocycles. The van der Waals surface area contributed by atoms with Crippen LogP contribution in [-0.2, 0) is 32.1 Å². The summed E-state index contributed by atoms with van der Waals surface area (Å²) >= 11 is 6.15. The average molecular weight is 1840 g/mol. The zero-order chi connectivity index (χ0) is 93.9. The first-order chi connectivity index (χ1) is 65.5. The van der Waals surface area contributed by atoms with Gasteiger partial charge in [0.15, 0.2) is 5.69 Å². The van der Waals surface area contributed by atoms with Crippen molar-refractivity contribution in [2.45, 2.75) is 140 Å². The normalized spacial score (nSPS) is 15.5. The van der Waals surface area contributed by atoms with Crippen LogP contribution in [0.2, 0.25) is 5.02 Å². The van der Waals surface area contributed by atoms with Crippen molar-refractivity contribution >= 4 is 102 Å². The Morgan fingerprint density at radius 2 is 0.533 bits per heavy atom. The molecule has 706 valence electrons. The average Bonchev–Trinajstić information content (AvgIpc) is 1.62. The van der Waals surface area contributed by atoms with Crippen LogP contribution >= 0.6 is 11.6 Å². The molecule has 5 aromatic carbocycles. The lowest BCUT2D eigenvalue weighted by Gasteiger charge is -2.34. The highest BCUT2D eigenvalue weighted by Crippen LogP contribution is 2.30. The van der Waals surface area contributed by atoms with Gasteiger partial charge in [0.25, 0.3) is 0 Å². The maximum absolute atomic E-state index is 13.5. The summed E-state index contributed by atoms with van der Waals surface area (Å²) in [6.45, 7) is 55.8. The summed E-state index contributed by atoms with van der Waals surface area (Å²) in [5.74, 6) is 4.21. The van der Waals surface area contributed by atoms with Crippen LogP contribution in [-0.4, -0.2) is 263 Å². The number of para-hydroxylation sites is 1. The van der Waals surface area contributed by atoms with Crippen molar-refractivity contribution in [3.63, 3.8) is 0 Å². The van der Waals surface area contributed by atoms with E-state index < -0.39 is 0 Å². The van der Waals surface area contributed by atoms with Gasteiger partial charge in [0.05, 0.1) is 6.57 Å². The first kappa shape index (κ1) is 95.9. The van der Waals surface area contributed by atoms with E-state index in [2.05, 4.69) is 215 Å². The number of hydrogen-bond acceptors (Lipinski definition) is 20. The first-order valence-electron chi connectivity index (χ1n) is 48.6. The molecule has 15 aromatic rings. The molecule has 26 nitrogen and oxygen atoms in total. The van der Waals surface area contributed by atoms with Gasteiger partial charge < -0.3 is 49.4 Å². The van der Waals surface area contributed by atoms with Crippen LogP contribution < -0.4 is 24.5 Å². The molecule has 5 saturated heterocycles. The largest absolute Gasteiger partial charge is 0.361 e. The second kappa shape index (κ2) is 45.8. The molecule has 5 aliphatic heterocycles. The number of hydrogen-bond donors (Lipinski definition) is 5.